The Hall–Kier alpha value is -0.980. The van der Waals surface area contributed by atoms with Crippen LogP contribution in [0.25, 0.3) is 10.2 Å². The van der Waals surface area contributed by atoms with E-state index in [1.54, 1.807) is 4.57 Å². The molecule has 3 heterocycles. The number of rotatable bonds is 3. The summed E-state index contributed by atoms with van der Waals surface area (Å²) in [4.78, 5) is 18.9. The zero-order chi connectivity index (χ0) is 13.4. The second-order valence-electron chi connectivity index (χ2n) is 5.13. The second kappa shape index (κ2) is 5.19. The highest BCUT2D eigenvalue weighted by Crippen LogP contribution is 2.17. The van der Waals surface area contributed by atoms with Gasteiger partial charge in [-0.25, -0.2) is 0 Å². The van der Waals surface area contributed by atoms with Crippen molar-refractivity contribution in [2.24, 2.45) is 0 Å². The van der Waals surface area contributed by atoms with Gasteiger partial charge in [-0.2, -0.15) is 0 Å². The molecule has 1 fully saturated rings. The Balaban J connectivity index is 1.98. The minimum absolute atomic E-state index is 0.0340. The summed E-state index contributed by atoms with van der Waals surface area (Å²) in [6.45, 7) is 5.24. The first kappa shape index (κ1) is 13.0. The second-order valence-corrected chi connectivity index (χ2v) is 6.43. The molecule has 1 aliphatic rings. The number of hydrogen-bond donors (Lipinski definition) is 1. The minimum atomic E-state index is 0.0340. The van der Waals surface area contributed by atoms with Crippen molar-refractivity contribution in [1.82, 2.24) is 14.5 Å². The van der Waals surface area contributed by atoms with Crippen molar-refractivity contribution in [2.75, 3.05) is 19.6 Å². The lowest BCUT2D eigenvalue weighted by Crippen LogP contribution is -2.33. The van der Waals surface area contributed by atoms with Crippen LogP contribution >= 0.6 is 23.6 Å². The van der Waals surface area contributed by atoms with E-state index in [1.165, 1.54) is 24.2 Å². The molecular formula is C13H17N3OS2. The van der Waals surface area contributed by atoms with Gasteiger partial charge in [-0.15, -0.1) is 11.3 Å². The highest BCUT2D eigenvalue weighted by atomic mass is 32.1. The van der Waals surface area contributed by atoms with E-state index in [0.29, 0.717) is 4.77 Å². The molecule has 0 bridgehead atoms. The zero-order valence-electron chi connectivity index (χ0n) is 10.9. The van der Waals surface area contributed by atoms with Crippen LogP contribution in [0.1, 0.15) is 25.8 Å². The first-order valence-electron chi connectivity index (χ1n) is 6.61. The molecule has 6 heteroatoms. The summed E-state index contributed by atoms with van der Waals surface area (Å²) < 4.78 is 2.26. The summed E-state index contributed by atoms with van der Waals surface area (Å²) in [5.74, 6) is 0. The maximum atomic E-state index is 12.5. The third-order valence-electron chi connectivity index (χ3n) is 3.72. The average Bonchev–Trinajstić information content (AvgIpc) is 2.99. The van der Waals surface area contributed by atoms with Crippen LogP contribution in [0.2, 0.25) is 0 Å². The molecule has 3 rings (SSSR count). The summed E-state index contributed by atoms with van der Waals surface area (Å²) in [6, 6.07) is 1.98. The van der Waals surface area contributed by atoms with Gasteiger partial charge in [0.2, 0.25) is 0 Å². The number of likely N-dealkylation sites (tertiary alicyclic amines) is 1. The molecule has 0 saturated carbocycles. The van der Waals surface area contributed by atoms with Crippen LogP contribution < -0.4 is 5.56 Å². The number of H-pyrrole nitrogens is 1. The van der Waals surface area contributed by atoms with Crippen molar-refractivity contribution in [1.29, 1.82) is 0 Å². The van der Waals surface area contributed by atoms with Crippen molar-refractivity contribution < 1.29 is 0 Å². The molecule has 2 aromatic rings. The van der Waals surface area contributed by atoms with Gasteiger partial charge in [0.15, 0.2) is 4.77 Å². The molecule has 4 nitrogen and oxygen atoms in total. The fourth-order valence-corrected chi connectivity index (χ4v) is 3.98. The Bertz CT molecular complexity index is 694. The predicted molar refractivity (Wildman–Crippen MR) is 81.7 cm³/mol. The average molecular weight is 295 g/mol. The third kappa shape index (κ3) is 2.40. The van der Waals surface area contributed by atoms with E-state index >= 15 is 0 Å². The molecule has 0 amide bonds. The molecule has 0 spiro atoms. The molecule has 2 aromatic heterocycles. The summed E-state index contributed by atoms with van der Waals surface area (Å²) in [5.41, 5.74) is 0.0340. The van der Waals surface area contributed by atoms with Crippen LogP contribution in [-0.4, -0.2) is 34.1 Å². The molecule has 19 heavy (non-hydrogen) atoms. The molecule has 1 N–H and O–H groups in total. The van der Waals surface area contributed by atoms with Crippen molar-refractivity contribution in [3.63, 3.8) is 0 Å². The monoisotopic (exact) mass is 295 g/mol. The third-order valence-corrected chi connectivity index (χ3v) is 4.84. The van der Waals surface area contributed by atoms with Crippen molar-refractivity contribution >= 4 is 33.8 Å². The number of fused-ring (bicyclic) bond motifs is 1. The van der Waals surface area contributed by atoms with E-state index in [9.17, 15) is 4.79 Å². The van der Waals surface area contributed by atoms with Crippen molar-refractivity contribution in [3.05, 3.63) is 26.6 Å². The molecule has 0 radical (unpaired) electrons. The standard InChI is InChI=1S/C13H17N3OS2/c1-9(8-15-5-2-3-6-15)16-12(17)10-4-7-19-11(10)14-13(16)18/h4,7,9H,2-3,5-6,8H2,1H3,(H,14,18). The Morgan fingerprint density at radius 1 is 1.47 bits per heavy atom. The van der Waals surface area contributed by atoms with E-state index in [0.717, 1.165) is 29.9 Å². The first-order valence-corrected chi connectivity index (χ1v) is 7.90. The van der Waals surface area contributed by atoms with E-state index in [4.69, 9.17) is 12.2 Å². The van der Waals surface area contributed by atoms with Gasteiger partial charge >= 0.3 is 0 Å². The molecule has 102 valence electrons. The van der Waals surface area contributed by atoms with E-state index in [1.807, 2.05) is 11.4 Å². The fourth-order valence-electron chi connectivity index (χ4n) is 2.77. The van der Waals surface area contributed by atoms with Gasteiger partial charge in [0.05, 0.1) is 5.39 Å². The van der Waals surface area contributed by atoms with Crippen LogP contribution in [0.5, 0.6) is 0 Å². The largest absolute Gasteiger partial charge is 0.323 e. The smallest absolute Gasteiger partial charge is 0.263 e. The van der Waals surface area contributed by atoms with Gasteiger partial charge in [-0.3, -0.25) is 9.36 Å². The van der Waals surface area contributed by atoms with Gasteiger partial charge in [0, 0.05) is 12.6 Å². The predicted octanol–water partition coefficient (Wildman–Crippen LogP) is 2.78. The zero-order valence-corrected chi connectivity index (χ0v) is 12.5. The van der Waals surface area contributed by atoms with Gasteiger partial charge in [0.1, 0.15) is 4.83 Å². The van der Waals surface area contributed by atoms with Gasteiger partial charge < -0.3 is 9.88 Å². The molecule has 1 atom stereocenters. The van der Waals surface area contributed by atoms with Crippen LogP contribution in [0.15, 0.2) is 16.2 Å². The van der Waals surface area contributed by atoms with Crippen LogP contribution in [0, 0.1) is 4.77 Å². The highest BCUT2D eigenvalue weighted by Gasteiger charge is 2.18. The lowest BCUT2D eigenvalue weighted by molar-refractivity contribution is 0.283. The minimum Gasteiger partial charge on any atom is -0.323 e. The maximum absolute atomic E-state index is 12.5. The molecular weight excluding hydrogens is 278 g/mol. The number of nitrogens with one attached hydrogen (secondary N) is 1. The van der Waals surface area contributed by atoms with Crippen LogP contribution in [-0.2, 0) is 0 Å². The van der Waals surface area contributed by atoms with Gasteiger partial charge in [-0.05, 0) is 56.5 Å². The lowest BCUT2D eigenvalue weighted by atomic mass is 10.3. The number of hydrogen-bond acceptors (Lipinski definition) is 4. The summed E-state index contributed by atoms with van der Waals surface area (Å²) in [6.07, 6.45) is 2.52. The van der Waals surface area contributed by atoms with Gasteiger partial charge in [-0.1, -0.05) is 0 Å². The maximum Gasteiger partial charge on any atom is 0.263 e. The Labute approximate surface area is 120 Å². The highest BCUT2D eigenvalue weighted by molar-refractivity contribution is 7.71. The quantitative estimate of drug-likeness (QED) is 0.885. The van der Waals surface area contributed by atoms with E-state index < -0.39 is 0 Å². The lowest BCUT2D eigenvalue weighted by Gasteiger charge is -2.22. The molecule has 1 aliphatic heterocycles. The molecule has 1 saturated heterocycles. The van der Waals surface area contributed by atoms with Crippen LogP contribution in [0.4, 0.5) is 0 Å². The van der Waals surface area contributed by atoms with E-state index in [2.05, 4.69) is 16.8 Å². The summed E-state index contributed by atoms with van der Waals surface area (Å²) >= 11 is 6.87. The molecule has 0 aliphatic carbocycles. The Morgan fingerprint density at radius 2 is 2.21 bits per heavy atom. The number of aromatic amines is 1. The van der Waals surface area contributed by atoms with Crippen molar-refractivity contribution in [2.45, 2.75) is 25.8 Å². The SMILES string of the molecule is CC(CN1CCCC1)n1c(=S)[nH]c2sccc2c1=O. The van der Waals surface area contributed by atoms with Crippen molar-refractivity contribution in [3.8, 4) is 0 Å². The van der Waals surface area contributed by atoms with E-state index in [-0.39, 0.29) is 11.6 Å². The normalized spacial score (nSPS) is 18.2. The number of aromatic nitrogens is 2. The summed E-state index contributed by atoms with van der Waals surface area (Å²) in [7, 11) is 0. The molecule has 1 unspecified atom stereocenters. The Morgan fingerprint density at radius 3 is 2.95 bits per heavy atom. The first-order chi connectivity index (χ1) is 9.16. The molecule has 0 aromatic carbocycles. The van der Waals surface area contributed by atoms with Crippen LogP contribution in [0.3, 0.4) is 0 Å². The summed E-state index contributed by atoms with van der Waals surface area (Å²) in [5, 5.41) is 2.67. The number of thiophene rings is 1. The Kier molecular flexibility index (Phi) is 3.56. The topological polar surface area (TPSA) is 41.0 Å². The van der Waals surface area contributed by atoms with Gasteiger partial charge in [0.25, 0.3) is 5.56 Å². The number of nitrogens with zero attached hydrogens (tertiary/aromatic N) is 2. The fraction of sp³-hybridized carbons (Fsp3) is 0.538.